The van der Waals surface area contributed by atoms with Crippen LogP contribution >= 0.6 is 0 Å². The number of anilines is 1. The molecule has 32 heavy (non-hydrogen) atoms. The number of aryl methyl sites for hydroxylation is 1. The highest BCUT2D eigenvalue weighted by atomic mass is 16.5. The molecule has 0 atom stereocenters. The first-order valence-corrected chi connectivity index (χ1v) is 10.3. The summed E-state index contributed by atoms with van der Waals surface area (Å²) in [4.78, 5) is 41.7. The molecule has 0 fully saturated rings. The summed E-state index contributed by atoms with van der Waals surface area (Å²) in [5.41, 5.74) is -0.149. The minimum absolute atomic E-state index is 0.212. The standard InChI is InChI=1S/C22H26N4O6/c1-6-30-16-9-13(10-17(31-7-2)18(16)32-8-3)20(27)24-14-11-15-19(23-12-14)25(4)22(29)26(5)21(15)28/h9-12H,6-8H2,1-5H3,(H,24,27). The van der Waals surface area contributed by atoms with Crippen molar-refractivity contribution in [2.45, 2.75) is 20.8 Å². The average molecular weight is 442 g/mol. The Kier molecular flexibility index (Phi) is 6.82. The molecule has 0 aliphatic rings. The summed E-state index contributed by atoms with van der Waals surface area (Å²) < 4.78 is 19.2. The zero-order valence-electron chi connectivity index (χ0n) is 18.7. The monoisotopic (exact) mass is 442 g/mol. The Balaban J connectivity index is 2.02. The Labute approximate surface area is 184 Å². The van der Waals surface area contributed by atoms with Gasteiger partial charge in [0.1, 0.15) is 5.65 Å². The Morgan fingerprint density at radius 1 is 0.938 bits per heavy atom. The molecule has 170 valence electrons. The van der Waals surface area contributed by atoms with Crippen LogP contribution in [-0.4, -0.2) is 39.8 Å². The number of aromatic nitrogens is 3. The fraction of sp³-hybridized carbons (Fsp3) is 0.364. The molecule has 3 rings (SSSR count). The van der Waals surface area contributed by atoms with Gasteiger partial charge in [-0.15, -0.1) is 0 Å². The lowest BCUT2D eigenvalue weighted by Crippen LogP contribution is -2.37. The lowest BCUT2D eigenvalue weighted by Gasteiger charge is -2.17. The number of ether oxygens (including phenoxy) is 3. The number of pyridine rings is 1. The first-order valence-electron chi connectivity index (χ1n) is 10.3. The second-order valence-electron chi connectivity index (χ2n) is 6.86. The molecule has 0 saturated heterocycles. The third-order valence-electron chi connectivity index (χ3n) is 4.72. The fourth-order valence-corrected chi connectivity index (χ4v) is 3.26. The fourth-order valence-electron chi connectivity index (χ4n) is 3.26. The van der Waals surface area contributed by atoms with E-state index in [1.807, 2.05) is 20.8 Å². The van der Waals surface area contributed by atoms with Gasteiger partial charge >= 0.3 is 5.69 Å². The lowest BCUT2D eigenvalue weighted by atomic mass is 10.1. The van der Waals surface area contributed by atoms with Gasteiger partial charge in [0.25, 0.3) is 11.5 Å². The second kappa shape index (κ2) is 9.54. The van der Waals surface area contributed by atoms with E-state index in [0.717, 1.165) is 4.57 Å². The van der Waals surface area contributed by atoms with Crippen LogP contribution in [0.5, 0.6) is 17.2 Å². The SMILES string of the molecule is CCOc1cc(C(=O)Nc2cnc3c(c2)c(=O)n(C)c(=O)n3C)cc(OCC)c1OCC. The molecular formula is C22H26N4O6. The number of rotatable bonds is 8. The predicted octanol–water partition coefficient (Wildman–Crippen LogP) is 2.08. The first kappa shape index (κ1) is 22.9. The molecule has 1 aromatic carbocycles. The number of amides is 1. The molecule has 0 saturated carbocycles. The van der Waals surface area contributed by atoms with Crippen LogP contribution in [0.3, 0.4) is 0 Å². The third-order valence-corrected chi connectivity index (χ3v) is 4.72. The molecule has 2 heterocycles. The lowest BCUT2D eigenvalue weighted by molar-refractivity contribution is 0.102. The Hall–Kier alpha value is -3.82. The summed E-state index contributed by atoms with van der Waals surface area (Å²) in [6, 6.07) is 4.64. The smallest absolute Gasteiger partial charge is 0.332 e. The molecule has 10 nitrogen and oxygen atoms in total. The molecule has 0 bridgehead atoms. The van der Waals surface area contributed by atoms with E-state index in [1.165, 1.54) is 30.9 Å². The summed E-state index contributed by atoms with van der Waals surface area (Å²) in [7, 11) is 2.92. The Morgan fingerprint density at radius 2 is 1.53 bits per heavy atom. The maximum Gasteiger partial charge on any atom is 0.332 e. The van der Waals surface area contributed by atoms with E-state index < -0.39 is 17.2 Å². The highest BCUT2D eigenvalue weighted by Gasteiger charge is 2.19. The van der Waals surface area contributed by atoms with Gasteiger partial charge in [-0.05, 0) is 39.0 Å². The van der Waals surface area contributed by atoms with Gasteiger partial charge in [0.15, 0.2) is 11.5 Å². The van der Waals surface area contributed by atoms with Crippen molar-refractivity contribution in [1.82, 2.24) is 14.1 Å². The van der Waals surface area contributed by atoms with E-state index in [9.17, 15) is 14.4 Å². The van der Waals surface area contributed by atoms with Gasteiger partial charge in [-0.2, -0.15) is 0 Å². The van der Waals surface area contributed by atoms with Crippen LogP contribution in [0.15, 0.2) is 34.0 Å². The summed E-state index contributed by atoms with van der Waals surface area (Å²) in [6.07, 6.45) is 1.39. The van der Waals surface area contributed by atoms with Crippen LogP contribution in [0, 0.1) is 0 Å². The highest BCUT2D eigenvalue weighted by molar-refractivity contribution is 6.05. The van der Waals surface area contributed by atoms with Crippen molar-refractivity contribution in [2.75, 3.05) is 25.1 Å². The summed E-state index contributed by atoms with van der Waals surface area (Å²) in [5, 5.41) is 2.94. The van der Waals surface area contributed by atoms with E-state index in [0.29, 0.717) is 42.8 Å². The minimum Gasteiger partial charge on any atom is -0.490 e. The number of carbonyl (C=O) groups is 1. The van der Waals surface area contributed by atoms with E-state index in [-0.39, 0.29) is 16.6 Å². The van der Waals surface area contributed by atoms with Crippen molar-refractivity contribution in [1.29, 1.82) is 0 Å². The predicted molar refractivity (Wildman–Crippen MR) is 120 cm³/mol. The van der Waals surface area contributed by atoms with Crippen molar-refractivity contribution in [3.05, 3.63) is 50.8 Å². The highest BCUT2D eigenvalue weighted by Crippen LogP contribution is 2.39. The molecule has 0 spiro atoms. The normalized spacial score (nSPS) is 10.8. The van der Waals surface area contributed by atoms with Gasteiger partial charge in [0.2, 0.25) is 5.75 Å². The number of nitrogens with one attached hydrogen (secondary N) is 1. The molecule has 3 aromatic rings. The molecule has 0 radical (unpaired) electrons. The molecular weight excluding hydrogens is 416 g/mol. The van der Waals surface area contributed by atoms with Crippen molar-refractivity contribution in [3.63, 3.8) is 0 Å². The summed E-state index contributed by atoms with van der Waals surface area (Å²) in [5.74, 6) is 0.777. The molecule has 0 unspecified atom stereocenters. The van der Waals surface area contributed by atoms with E-state index in [2.05, 4.69) is 10.3 Å². The quantitative estimate of drug-likeness (QED) is 0.568. The van der Waals surface area contributed by atoms with Gasteiger partial charge in [-0.25, -0.2) is 9.78 Å². The van der Waals surface area contributed by atoms with Crippen LogP contribution in [0.2, 0.25) is 0 Å². The molecule has 10 heteroatoms. The Morgan fingerprint density at radius 3 is 2.09 bits per heavy atom. The van der Waals surface area contributed by atoms with Gasteiger partial charge < -0.3 is 19.5 Å². The van der Waals surface area contributed by atoms with E-state index in [4.69, 9.17) is 14.2 Å². The van der Waals surface area contributed by atoms with Gasteiger partial charge in [0, 0.05) is 19.7 Å². The summed E-state index contributed by atoms with van der Waals surface area (Å²) in [6.45, 7) is 6.68. The van der Waals surface area contributed by atoms with Gasteiger partial charge in [-0.1, -0.05) is 0 Å². The molecule has 0 aliphatic heterocycles. The van der Waals surface area contributed by atoms with Crippen LogP contribution in [0.1, 0.15) is 31.1 Å². The molecule has 0 aliphatic carbocycles. The minimum atomic E-state index is -0.495. The molecule has 2 aromatic heterocycles. The largest absolute Gasteiger partial charge is 0.490 e. The maximum atomic E-state index is 13.0. The molecule has 1 amide bonds. The zero-order valence-corrected chi connectivity index (χ0v) is 18.7. The topological polar surface area (TPSA) is 114 Å². The number of hydrogen-bond donors (Lipinski definition) is 1. The van der Waals surface area contributed by atoms with Crippen molar-refractivity contribution in [2.24, 2.45) is 14.1 Å². The Bertz CT molecular complexity index is 1250. The average Bonchev–Trinajstić information content (AvgIpc) is 2.78. The van der Waals surface area contributed by atoms with E-state index in [1.54, 1.807) is 12.1 Å². The van der Waals surface area contributed by atoms with Crippen molar-refractivity contribution in [3.8, 4) is 17.2 Å². The number of fused-ring (bicyclic) bond motifs is 1. The number of hydrogen-bond acceptors (Lipinski definition) is 7. The van der Waals surface area contributed by atoms with Crippen LogP contribution < -0.4 is 30.8 Å². The maximum absolute atomic E-state index is 13.0. The van der Waals surface area contributed by atoms with Crippen LogP contribution in [0.25, 0.3) is 11.0 Å². The number of benzene rings is 1. The van der Waals surface area contributed by atoms with Crippen LogP contribution in [-0.2, 0) is 14.1 Å². The summed E-state index contributed by atoms with van der Waals surface area (Å²) >= 11 is 0. The third kappa shape index (κ3) is 4.29. The second-order valence-corrected chi connectivity index (χ2v) is 6.86. The van der Waals surface area contributed by atoms with E-state index >= 15 is 0 Å². The van der Waals surface area contributed by atoms with Crippen molar-refractivity contribution >= 4 is 22.6 Å². The first-order chi connectivity index (χ1) is 15.3. The van der Waals surface area contributed by atoms with Gasteiger partial charge in [-0.3, -0.25) is 18.7 Å². The van der Waals surface area contributed by atoms with Crippen molar-refractivity contribution < 1.29 is 19.0 Å². The number of nitrogens with zero attached hydrogens (tertiary/aromatic N) is 3. The van der Waals surface area contributed by atoms with Crippen LogP contribution in [0.4, 0.5) is 5.69 Å². The number of carbonyl (C=O) groups excluding carboxylic acids is 1. The van der Waals surface area contributed by atoms with Gasteiger partial charge in [0.05, 0.1) is 37.1 Å². The zero-order chi connectivity index (χ0) is 23.4. The molecule has 1 N–H and O–H groups in total.